The lowest BCUT2D eigenvalue weighted by Crippen LogP contribution is -2.22. The average molecular weight is 240 g/mol. The number of benzene rings is 1. The van der Waals surface area contributed by atoms with Gasteiger partial charge in [0.25, 0.3) is 0 Å². The molecular weight excluding hydrogens is 224 g/mol. The van der Waals surface area contributed by atoms with E-state index in [0.29, 0.717) is 13.2 Å². The first-order valence-electron chi connectivity index (χ1n) is 5.03. The molecule has 2 amide bonds. The van der Waals surface area contributed by atoms with Gasteiger partial charge in [0.15, 0.2) is 0 Å². The van der Waals surface area contributed by atoms with E-state index in [0.717, 1.165) is 16.0 Å². The van der Waals surface area contributed by atoms with E-state index in [1.54, 1.807) is 0 Å². The first-order chi connectivity index (χ1) is 7.63. The van der Waals surface area contributed by atoms with Gasteiger partial charge in [-0.2, -0.15) is 0 Å². The van der Waals surface area contributed by atoms with Crippen molar-refractivity contribution in [1.82, 2.24) is 4.72 Å². The van der Waals surface area contributed by atoms with Gasteiger partial charge >= 0.3 is 6.03 Å². The highest BCUT2D eigenvalue weighted by Crippen LogP contribution is 2.21. The third-order valence-electron chi connectivity index (χ3n) is 1.99. The predicted molar refractivity (Wildman–Crippen MR) is 65.1 cm³/mol. The van der Waals surface area contributed by atoms with Crippen LogP contribution in [0, 0.1) is 6.92 Å². The van der Waals surface area contributed by atoms with Gasteiger partial charge in [-0.25, -0.2) is 4.79 Å². The minimum absolute atomic E-state index is 0.542. The first kappa shape index (κ1) is 12.9. The first-order valence-corrected chi connectivity index (χ1v) is 5.84. The lowest BCUT2D eigenvalue weighted by molar-refractivity contribution is 0.134. The molecule has 0 aliphatic carbocycles. The van der Waals surface area contributed by atoms with E-state index in [1.165, 1.54) is 11.9 Å². The van der Waals surface area contributed by atoms with Gasteiger partial charge in [-0.05, 0) is 43.0 Å². The van der Waals surface area contributed by atoms with Crippen LogP contribution >= 0.6 is 11.9 Å². The normalized spacial score (nSPS) is 10.1. The highest BCUT2D eigenvalue weighted by Gasteiger charge is 2.03. The average Bonchev–Trinajstić information content (AvgIpc) is 2.26. The van der Waals surface area contributed by atoms with Gasteiger partial charge in [-0.1, -0.05) is 12.1 Å². The van der Waals surface area contributed by atoms with Crippen molar-refractivity contribution in [1.29, 1.82) is 0 Å². The molecule has 88 valence electrons. The van der Waals surface area contributed by atoms with E-state index in [9.17, 15) is 4.79 Å². The van der Waals surface area contributed by atoms with Gasteiger partial charge in [0, 0.05) is 11.5 Å². The van der Waals surface area contributed by atoms with Crippen LogP contribution in [0.3, 0.4) is 0 Å². The van der Waals surface area contributed by atoms with Crippen molar-refractivity contribution in [2.75, 3.05) is 6.61 Å². The standard InChI is InChI=1S/C11H16N2O2S/c1-3-15-7-9-5-4-8(2)10(6-9)16-13-11(12)14/h4-6H,3,7H2,1-2H3,(H3,12,13,14). The second-order valence-corrected chi connectivity index (χ2v) is 4.15. The van der Waals surface area contributed by atoms with E-state index in [1.807, 2.05) is 32.0 Å². The Morgan fingerprint density at radius 3 is 2.94 bits per heavy atom. The lowest BCUT2D eigenvalue weighted by atomic mass is 10.2. The molecule has 1 aromatic rings. The SMILES string of the molecule is CCOCc1ccc(C)c(SNC(N)=O)c1. The largest absolute Gasteiger partial charge is 0.377 e. The molecule has 0 unspecified atom stereocenters. The molecule has 0 heterocycles. The van der Waals surface area contributed by atoms with Gasteiger partial charge in [-0.3, -0.25) is 4.72 Å². The van der Waals surface area contributed by atoms with E-state index in [2.05, 4.69) is 4.72 Å². The maximum Gasteiger partial charge on any atom is 0.322 e. The molecule has 0 saturated carbocycles. The fraction of sp³-hybridized carbons (Fsp3) is 0.364. The summed E-state index contributed by atoms with van der Waals surface area (Å²) in [6, 6.07) is 5.46. The predicted octanol–water partition coefficient (Wildman–Crippen LogP) is 2.21. The van der Waals surface area contributed by atoms with Crippen molar-refractivity contribution in [3.8, 4) is 0 Å². The number of ether oxygens (including phenoxy) is 1. The van der Waals surface area contributed by atoms with E-state index in [-0.39, 0.29) is 0 Å². The number of amides is 2. The highest BCUT2D eigenvalue weighted by atomic mass is 32.2. The monoisotopic (exact) mass is 240 g/mol. The molecule has 0 atom stereocenters. The van der Waals surface area contributed by atoms with Crippen LogP contribution in [0.4, 0.5) is 4.79 Å². The zero-order valence-electron chi connectivity index (χ0n) is 9.45. The van der Waals surface area contributed by atoms with Crippen molar-refractivity contribution < 1.29 is 9.53 Å². The number of rotatable bonds is 5. The fourth-order valence-electron chi connectivity index (χ4n) is 1.17. The Morgan fingerprint density at radius 1 is 1.56 bits per heavy atom. The number of aryl methyl sites for hydroxylation is 1. The maximum atomic E-state index is 10.6. The molecule has 0 aliphatic heterocycles. The maximum absolute atomic E-state index is 10.6. The summed E-state index contributed by atoms with van der Waals surface area (Å²) in [4.78, 5) is 11.6. The molecule has 5 heteroatoms. The topological polar surface area (TPSA) is 64.3 Å². The molecule has 1 aromatic carbocycles. The van der Waals surface area contributed by atoms with E-state index >= 15 is 0 Å². The number of hydrogen-bond acceptors (Lipinski definition) is 3. The number of hydrogen-bond donors (Lipinski definition) is 2. The molecule has 0 fully saturated rings. The van der Waals surface area contributed by atoms with Gasteiger partial charge in [-0.15, -0.1) is 0 Å². The van der Waals surface area contributed by atoms with Gasteiger partial charge in [0.05, 0.1) is 6.61 Å². The van der Waals surface area contributed by atoms with Crippen LogP contribution in [-0.4, -0.2) is 12.6 Å². The highest BCUT2D eigenvalue weighted by molar-refractivity contribution is 7.98. The summed E-state index contributed by atoms with van der Waals surface area (Å²) in [5.74, 6) is 0. The quantitative estimate of drug-likeness (QED) is 0.775. The molecular formula is C11H16N2O2S. The zero-order valence-corrected chi connectivity index (χ0v) is 10.3. The Balaban J connectivity index is 2.69. The summed E-state index contributed by atoms with van der Waals surface area (Å²) in [6.07, 6.45) is 0. The summed E-state index contributed by atoms with van der Waals surface area (Å²) in [5.41, 5.74) is 7.19. The minimum atomic E-state index is -0.542. The molecule has 0 aromatic heterocycles. The molecule has 16 heavy (non-hydrogen) atoms. The Kier molecular flexibility index (Phi) is 5.14. The van der Waals surface area contributed by atoms with Crippen LogP contribution < -0.4 is 10.5 Å². The van der Waals surface area contributed by atoms with E-state index in [4.69, 9.17) is 10.5 Å². The summed E-state index contributed by atoms with van der Waals surface area (Å²) < 4.78 is 7.82. The van der Waals surface area contributed by atoms with Crippen LogP contribution in [0.1, 0.15) is 18.1 Å². The molecule has 0 spiro atoms. The smallest absolute Gasteiger partial charge is 0.322 e. The van der Waals surface area contributed by atoms with Crippen LogP contribution in [0.25, 0.3) is 0 Å². The molecule has 0 bridgehead atoms. The molecule has 4 nitrogen and oxygen atoms in total. The Bertz CT molecular complexity index is 369. The molecule has 1 rings (SSSR count). The van der Waals surface area contributed by atoms with E-state index < -0.39 is 6.03 Å². The van der Waals surface area contributed by atoms with Crippen LogP contribution in [-0.2, 0) is 11.3 Å². The number of nitrogens with two attached hydrogens (primary N) is 1. The fourth-order valence-corrected chi connectivity index (χ4v) is 1.82. The second-order valence-electron chi connectivity index (χ2n) is 3.31. The second kappa shape index (κ2) is 6.40. The van der Waals surface area contributed by atoms with Crippen molar-refractivity contribution in [2.24, 2.45) is 5.73 Å². The van der Waals surface area contributed by atoms with Crippen LogP contribution in [0.15, 0.2) is 23.1 Å². The number of carbonyl (C=O) groups is 1. The molecule has 0 aliphatic rings. The van der Waals surface area contributed by atoms with Crippen LogP contribution in [0.2, 0.25) is 0 Å². The number of carbonyl (C=O) groups excluding carboxylic acids is 1. The minimum Gasteiger partial charge on any atom is -0.377 e. The summed E-state index contributed by atoms with van der Waals surface area (Å²) >= 11 is 1.22. The number of nitrogens with one attached hydrogen (secondary N) is 1. The summed E-state index contributed by atoms with van der Waals surface area (Å²) in [6.45, 7) is 5.21. The molecule has 0 saturated heterocycles. The Labute approximate surface area is 99.7 Å². The third kappa shape index (κ3) is 4.12. The van der Waals surface area contributed by atoms with Crippen molar-refractivity contribution in [2.45, 2.75) is 25.3 Å². The number of primary amides is 1. The zero-order chi connectivity index (χ0) is 12.0. The van der Waals surface area contributed by atoms with Gasteiger partial charge in [0.2, 0.25) is 0 Å². The van der Waals surface area contributed by atoms with Gasteiger partial charge < -0.3 is 10.5 Å². The number of urea groups is 1. The Morgan fingerprint density at radius 2 is 2.31 bits per heavy atom. The molecule has 3 N–H and O–H groups in total. The van der Waals surface area contributed by atoms with Crippen LogP contribution in [0.5, 0.6) is 0 Å². The Hall–Kier alpha value is -1.20. The summed E-state index contributed by atoms with van der Waals surface area (Å²) in [5, 5.41) is 0. The summed E-state index contributed by atoms with van der Waals surface area (Å²) in [7, 11) is 0. The lowest BCUT2D eigenvalue weighted by Gasteiger charge is -2.08. The molecule has 0 radical (unpaired) electrons. The van der Waals surface area contributed by atoms with Crippen molar-refractivity contribution >= 4 is 18.0 Å². The third-order valence-corrected chi connectivity index (χ3v) is 2.95. The van der Waals surface area contributed by atoms with Gasteiger partial charge in [0.1, 0.15) is 0 Å². The van der Waals surface area contributed by atoms with Crippen molar-refractivity contribution in [3.05, 3.63) is 29.3 Å². The van der Waals surface area contributed by atoms with Crippen molar-refractivity contribution in [3.63, 3.8) is 0 Å².